The third-order valence-electron chi connectivity index (χ3n) is 1.54. The maximum absolute atomic E-state index is 10.1. The first kappa shape index (κ1) is 10.6. The predicted molar refractivity (Wildman–Crippen MR) is 56.5 cm³/mol. The molecule has 0 atom stereocenters. The lowest BCUT2D eigenvalue weighted by molar-refractivity contribution is -0.120. The second kappa shape index (κ2) is 4.13. The molecule has 0 spiro atoms. The molecule has 1 rings (SSSR count). The van der Waals surface area contributed by atoms with Gasteiger partial charge >= 0.3 is 0 Å². The molecular formula is C11H15NO2. The maximum atomic E-state index is 10.1. The quantitative estimate of drug-likeness (QED) is 0.749. The van der Waals surface area contributed by atoms with E-state index in [-0.39, 0.29) is 5.54 Å². The van der Waals surface area contributed by atoms with Crippen LogP contribution >= 0.6 is 0 Å². The summed E-state index contributed by atoms with van der Waals surface area (Å²) in [6.07, 6.45) is 0. The van der Waals surface area contributed by atoms with Crippen LogP contribution in [0.4, 0.5) is 5.69 Å². The van der Waals surface area contributed by atoms with E-state index in [4.69, 9.17) is 4.74 Å². The fourth-order valence-electron chi connectivity index (χ4n) is 1.14. The molecule has 76 valence electrons. The molecule has 0 bridgehead atoms. The van der Waals surface area contributed by atoms with E-state index in [0.29, 0.717) is 12.2 Å². The third-order valence-corrected chi connectivity index (χ3v) is 1.54. The smallest absolute Gasteiger partial charge is 0.298 e. The van der Waals surface area contributed by atoms with Crippen LogP contribution in [0.5, 0.6) is 5.75 Å². The van der Waals surface area contributed by atoms with E-state index >= 15 is 0 Å². The molecule has 0 unspecified atom stereocenters. The Morgan fingerprint density at radius 3 is 2.64 bits per heavy atom. The first-order valence-electron chi connectivity index (χ1n) is 4.50. The second-order valence-corrected chi connectivity index (χ2v) is 4.12. The highest BCUT2D eigenvalue weighted by Crippen LogP contribution is 2.19. The predicted octanol–water partition coefficient (Wildman–Crippen LogP) is 2.43. The van der Waals surface area contributed by atoms with Crippen LogP contribution < -0.4 is 10.1 Å². The summed E-state index contributed by atoms with van der Waals surface area (Å²) in [5.74, 6) is 0.550. The van der Waals surface area contributed by atoms with E-state index in [1.165, 1.54) is 0 Å². The number of anilines is 1. The van der Waals surface area contributed by atoms with E-state index in [2.05, 4.69) is 26.1 Å². The summed E-state index contributed by atoms with van der Waals surface area (Å²) in [7, 11) is 0. The van der Waals surface area contributed by atoms with Crippen LogP contribution in [-0.4, -0.2) is 12.0 Å². The van der Waals surface area contributed by atoms with Gasteiger partial charge in [0.05, 0.1) is 0 Å². The fraction of sp³-hybridized carbons (Fsp3) is 0.364. The fourth-order valence-corrected chi connectivity index (χ4v) is 1.14. The highest BCUT2D eigenvalue weighted by Gasteiger charge is 2.09. The Kier molecular flexibility index (Phi) is 3.12. The number of hydrogen-bond acceptors (Lipinski definition) is 3. The van der Waals surface area contributed by atoms with E-state index in [1.807, 2.05) is 12.1 Å². The Hall–Kier alpha value is -1.51. The average Bonchev–Trinajstić information content (AvgIpc) is 2.02. The summed E-state index contributed by atoms with van der Waals surface area (Å²) in [6.45, 7) is 6.64. The minimum Gasteiger partial charge on any atom is -0.429 e. The lowest BCUT2D eigenvalue weighted by Gasteiger charge is -2.22. The molecule has 0 saturated carbocycles. The Labute approximate surface area is 84.1 Å². The summed E-state index contributed by atoms with van der Waals surface area (Å²) in [4.78, 5) is 10.1. The number of rotatable bonds is 3. The van der Waals surface area contributed by atoms with Gasteiger partial charge in [0.1, 0.15) is 5.75 Å². The van der Waals surface area contributed by atoms with Crippen molar-refractivity contribution >= 4 is 12.2 Å². The molecule has 0 aliphatic rings. The van der Waals surface area contributed by atoms with E-state index in [0.717, 1.165) is 5.69 Å². The van der Waals surface area contributed by atoms with Gasteiger partial charge in [-0.3, -0.25) is 4.79 Å². The van der Waals surface area contributed by atoms with Crippen LogP contribution in [0.1, 0.15) is 20.8 Å². The molecule has 0 aliphatic carbocycles. The molecule has 0 radical (unpaired) electrons. The number of benzene rings is 1. The van der Waals surface area contributed by atoms with Crippen molar-refractivity contribution in [3.63, 3.8) is 0 Å². The molecular weight excluding hydrogens is 178 g/mol. The van der Waals surface area contributed by atoms with Crippen LogP contribution in [0.25, 0.3) is 0 Å². The minimum absolute atomic E-state index is 0.000196. The normalized spacial score (nSPS) is 10.8. The van der Waals surface area contributed by atoms with Gasteiger partial charge in [-0.1, -0.05) is 6.07 Å². The van der Waals surface area contributed by atoms with Crippen LogP contribution in [0.2, 0.25) is 0 Å². The summed E-state index contributed by atoms with van der Waals surface area (Å²) in [5.41, 5.74) is 0.941. The number of ether oxygens (including phenoxy) is 1. The van der Waals surface area contributed by atoms with Crippen LogP contribution in [0.3, 0.4) is 0 Å². The molecule has 3 nitrogen and oxygen atoms in total. The number of carbonyl (C=O) groups excluding carboxylic acids is 1. The van der Waals surface area contributed by atoms with E-state index < -0.39 is 0 Å². The van der Waals surface area contributed by atoms with Gasteiger partial charge in [-0.05, 0) is 32.9 Å². The number of nitrogens with one attached hydrogen (secondary N) is 1. The van der Waals surface area contributed by atoms with E-state index in [9.17, 15) is 4.79 Å². The molecule has 1 aromatic carbocycles. The highest BCUT2D eigenvalue weighted by molar-refractivity contribution is 5.53. The molecule has 0 saturated heterocycles. The molecule has 0 fully saturated rings. The molecule has 0 heterocycles. The van der Waals surface area contributed by atoms with Crippen molar-refractivity contribution in [2.75, 3.05) is 5.32 Å². The number of hydrogen-bond donors (Lipinski definition) is 1. The average molecular weight is 193 g/mol. The van der Waals surface area contributed by atoms with Gasteiger partial charge in [-0.25, -0.2) is 0 Å². The van der Waals surface area contributed by atoms with Crippen molar-refractivity contribution in [1.82, 2.24) is 0 Å². The van der Waals surface area contributed by atoms with E-state index in [1.54, 1.807) is 12.1 Å². The van der Waals surface area contributed by atoms with Crippen molar-refractivity contribution in [3.05, 3.63) is 24.3 Å². The molecule has 0 amide bonds. The van der Waals surface area contributed by atoms with Gasteiger partial charge in [0.2, 0.25) is 0 Å². The van der Waals surface area contributed by atoms with Crippen LogP contribution in [0, 0.1) is 0 Å². The summed E-state index contributed by atoms with van der Waals surface area (Å²) < 4.78 is 4.74. The second-order valence-electron chi connectivity index (χ2n) is 4.12. The minimum atomic E-state index is -0.000196. The molecule has 3 heteroatoms. The van der Waals surface area contributed by atoms with Crippen molar-refractivity contribution < 1.29 is 9.53 Å². The largest absolute Gasteiger partial charge is 0.429 e. The zero-order chi connectivity index (χ0) is 10.6. The van der Waals surface area contributed by atoms with Crippen molar-refractivity contribution in [2.45, 2.75) is 26.3 Å². The zero-order valence-electron chi connectivity index (χ0n) is 8.70. The number of carbonyl (C=O) groups is 1. The highest BCUT2D eigenvalue weighted by atomic mass is 16.5. The Morgan fingerprint density at radius 1 is 1.36 bits per heavy atom. The summed E-state index contributed by atoms with van der Waals surface area (Å²) in [6, 6.07) is 7.30. The molecule has 1 aromatic rings. The van der Waals surface area contributed by atoms with Gasteiger partial charge in [0.25, 0.3) is 6.47 Å². The molecule has 1 N–H and O–H groups in total. The zero-order valence-corrected chi connectivity index (χ0v) is 8.70. The van der Waals surface area contributed by atoms with Gasteiger partial charge in [-0.2, -0.15) is 0 Å². The maximum Gasteiger partial charge on any atom is 0.298 e. The van der Waals surface area contributed by atoms with Crippen molar-refractivity contribution in [3.8, 4) is 5.75 Å². The van der Waals surface area contributed by atoms with Crippen LogP contribution in [0.15, 0.2) is 24.3 Å². The van der Waals surface area contributed by atoms with Crippen molar-refractivity contribution in [1.29, 1.82) is 0 Å². The van der Waals surface area contributed by atoms with Gasteiger partial charge in [-0.15, -0.1) is 0 Å². The molecule has 14 heavy (non-hydrogen) atoms. The SMILES string of the molecule is CC(C)(C)Nc1cccc(OC=O)c1. The van der Waals surface area contributed by atoms with Gasteiger partial charge in [0, 0.05) is 17.3 Å². The third kappa shape index (κ3) is 3.47. The summed E-state index contributed by atoms with van der Waals surface area (Å²) in [5, 5.41) is 3.28. The topological polar surface area (TPSA) is 38.3 Å². The van der Waals surface area contributed by atoms with Crippen LogP contribution in [-0.2, 0) is 4.79 Å². The molecule has 0 aromatic heterocycles. The van der Waals surface area contributed by atoms with Gasteiger partial charge in [0.15, 0.2) is 0 Å². The summed E-state index contributed by atoms with van der Waals surface area (Å²) >= 11 is 0. The Bertz CT molecular complexity index is 315. The van der Waals surface area contributed by atoms with Crippen molar-refractivity contribution in [2.24, 2.45) is 0 Å². The Morgan fingerprint density at radius 2 is 2.07 bits per heavy atom. The first-order valence-corrected chi connectivity index (χ1v) is 4.50. The first-order chi connectivity index (χ1) is 6.51. The molecule has 0 aliphatic heterocycles. The standard InChI is InChI=1S/C11H15NO2/c1-11(2,3)12-9-5-4-6-10(7-9)14-8-13/h4-8,12H,1-3H3. The monoisotopic (exact) mass is 193 g/mol. The van der Waals surface area contributed by atoms with Gasteiger partial charge < -0.3 is 10.1 Å². The lowest BCUT2D eigenvalue weighted by atomic mass is 10.1. The Balaban J connectivity index is 2.78. The lowest BCUT2D eigenvalue weighted by Crippen LogP contribution is -2.25.